The van der Waals surface area contributed by atoms with Crippen molar-refractivity contribution in [2.45, 2.75) is 0 Å². The van der Waals surface area contributed by atoms with E-state index in [1.54, 1.807) is 22.4 Å². The molecule has 0 bridgehead atoms. The van der Waals surface area contributed by atoms with Crippen molar-refractivity contribution >= 4 is 22.1 Å². The van der Waals surface area contributed by atoms with Crippen molar-refractivity contribution in [3.8, 4) is 22.0 Å². The van der Waals surface area contributed by atoms with Crippen molar-refractivity contribution in [1.82, 2.24) is 29.6 Å². The molecule has 0 saturated heterocycles. The van der Waals surface area contributed by atoms with Crippen LogP contribution in [0.2, 0.25) is 0 Å². The number of aromatic nitrogens is 6. The maximum absolute atomic E-state index is 6.00. The molecule has 0 aliphatic rings. The Bertz CT molecular complexity index is 919. The number of rotatable bonds is 2. The van der Waals surface area contributed by atoms with E-state index in [9.17, 15) is 0 Å². The van der Waals surface area contributed by atoms with Crippen molar-refractivity contribution in [2.75, 3.05) is 5.73 Å². The Morgan fingerprint density at radius 3 is 2.67 bits per heavy atom. The lowest BCUT2D eigenvalue weighted by atomic mass is 10.2. The van der Waals surface area contributed by atoms with E-state index in [2.05, 4.69) is 20.4 Å². The quantitative estimate of drug-likeness (QED) is 0.610. The first-order valence-corrected chi connectivity index (χ1v) is 7.11. The fourth-order valence-corrected chi connectivity index (χ4v) is 2.96. The molecule has 4 aromatic rings. The van der Waals surface area contributed by atoms with Crippen LogP contribution in [0, 0.1) is 0 Å². The summed E-state index contributed by atoms with van der Waals surface area (Å²) in [4.78, 5) is 0.729. The van der Waals surface area contributed by atoms with E-state index in [1.165, 1.54) is 11.3 Å². The van der Waals surface area contributed by atoms with Gasteiger partial charge in [0.2, 0.25) is 4.96 Å². The predicted octanol–water partition coefficient (Wildman–Crippen LogP) is 1.84. The third-order valence-electron chi connectivity index (χ3n) is 3.24. The number of nitrogens with zero attached hydrogens (tertiary/aromatic N) is 6. The molecule has 0 fully saturated rings. The van der Waals surface area contributed by atoms with Gasteiger partial charge in [-0.15, -0.1) is 10.2 Å². The van der Waals surface area contributed by atoms with Gasteiger partial charge in [-0.25, -0.2) is 0 Å². The smallest absolute Gasteiger partial charge is 0.235 e. The summed E-state index contributed by atoms with van der Waals surface area (Å²) < 4.78 is 3.36. The van der Waals surface area contributed by atoms with Crippen LogP contribution in [0.25, 0.3) is 26.9 Å². The van der Waals surface area contributed by atoms with Gasteiger partial charge in [-0.05, 0) is 0 Å². The van der Waals surface area contributed by atoms with Gasteiger partial charge in [0.15, 0.2) is 10.8 Å². The van der Waals surface area contributed by atoms with Gasteiger partial charge in [0.25, 0.3) is 0 Å². The Hall–Kier alpha value is -2.74. The third-order valence-corrected chi connectivity index (χ3v) is 4.17. The zero-order chi connectivity index (χ0) is 14.4. The Morgan fingerprint density at radius 2 is 1.95 bits per heavy atom. The largest absolute Gasteiger partial charge is 0.383 e. The first-order chi connectivity index (χ1) is 10.2. The molecule has 0 saturated carbocycles. The van der Waals surface area contributed by atoms with Crippen molar-refractivity contribution < 1.29 is 0 Å². The van der Waals surface area contributed by atoms with Gasteiger partial charge in [-0.1, -0.05) is 41.7 Å². The van der Waals surface area contributed by atoms with E-state index in [1.807, 2.05) is 30.3 Å². The van der Waals surface area contributed by atoms with Crippen molar-refractivity contribution in [3.63, 3.8) is 0 Å². The molecule has 0 atom stereocenters. The first kappa shape index (κ1) is 12.0. The normalized spacial score (nSPS) is 11.3. The molecule has 8 heteroatoms. The molecule has 1 aromatic carbocycles. The molecule has 0 radical (unpaired) electrons. The van der Waals surface area contributed by atoms with Crippen molar-refractivity contribution in [1.29, 1.82) is 0 Å². The van der Waals surface area contributed by atoms with Crippen LogP contribution in [0.3, 0.4) is 0 Å². The summed E-state index contributed by atoms with van der Waals surface area (Å²) in [5.74, 6) is 1.30. The van der Waals surface area contributed by atoms with Crippen LogP contribution in [0.1, 0.15) is 0 Å². The zero-order valence-electron chi connectivity index (χ0n) is 11.1. The van der Waals surface area contributed by atoms with Crippen LogP contribution in [0.15, 0.2) is 36.5 Å². The second-order valence-electron chi connectivity index (χ2n) is 4.56. The molecule has 21 heavy (non-hydrogen) atoms. The summed E-state index contributed by atoms with van der Waals surface area (Å²) in [5.41, 5.74) is 7.78. The maximum Gasteiger partial charge on any atom is 0.235 e. The van der Waals surface area contributed by atoms with Crippen LogP contribution in [-0.2, 0) is 7.05 Å². The van der Waals surface area contributed by atoms with E-state index in [0.717, 1.165) is 26.9 Å². The monoisotopic (exact) mass is 297 g/mol. The third kappa shape index (κ3) is 1.80. The zero-order valence-corrected chi connectivity index (χ0v) is 11.9. The number of nitrogens with two attached hydrogens (primary N) is 1. The van der Waals surface area contributed by atoms with Gasteiger partial charge < -0.3 is 5.73 Å². The van der Waals surface area contributed by atoms with E-state index in [0.29, 0.717) is 5.82 Å². The fourth-order valence-electron chi connectivity index (χ4n) is 2.10. The second kappa shape index (κ2) is 4.38. The average molecular weight is 297 g/mol. The molecular weight excluding hydrogens is 286 g/mol. The van der Waals surface area contributed by atoms with Gasteiger partial charge >= 0.3 is 0 Å². The van der Waals surface area contributed by atoms with E-state index >= 15 is 0 Å². The van der Waals surface area contributed by atoms with Crippen LogP contribution in [-0.4, -0.2) is 29.6 Å². The highest BCUT2D eigenvalue weighted by Gasteiger charge is 2.17. The lowest BCUT2D eigenvalue weighted by molar-refractivity contribution is 0.779. The minimum Gasteiger partial charge on any atom is -0.383 e. The minimum absolute atomic E-state index is 0.584. The molecule has 0 unspecified atom stereocenters. The van der Waals surface area contributed by atoms with Gasteiger partial charge in [0, 0.05) is 12.6 Å². The standard InChI is InChI=1S/C13H11N7S/c1-19-10(14)9(7-15-19)12-18-20-11(16-17-13(20)21-12)8-5-3-2-4-6-8/h2-7H,14H2,1H3. The minimum atomic E-state index is 0.584. The van der Waals surface area contributed by atoms with E-state index < -0.39 is 0 Å². The molecule has 3 aromatic heterocycles. The van der Waals surface area contributed by atoms with Crippen LogP contribution >= 0.6 is 11.3 Å². The maximum atomic E-state index is 6.00. The lowest BCUT2D eigenvalue weighted by Crippen LogP contribution is -1.98. The molecule has 0 amide bonds. The number of hydrogen-bond donors (Lipinski definition) is 1. The molecule has 0 aliphatic carbocycles. The highest BCUT2D eigenvalue weighted by Crippen LogP contribution is 2.30. The Balaban J connectivity index is 1.89. The number of benzene rings is 1. The Kier molecular flexibility index (Phi) is 2.51. The molecular formula is C13H11N7S. The molecule has 104 valence electrons. The molecule has 2 N–H and O–H groups in total. The molecule has 3 heterocycles. The van der Waals surface area contributed by atoms with E-state index in [-0.39, 0.29) is 0 Å². The highest BCUT2D eigenvalue weighted by molar-refractivity contribution is 7.19. The first-order valence-electron chi connectivity index (χ1n) is 6.29. The van der Waals surface area contributed by atoms with Crippen LogP contribution < -0.4 is 5.73 Å². The summed E-state index contributed by atoms with van der Waals surface area (Å²) >= 11 is 1.44. The number of fused-ring (bicyclic) bond motifs is 1. The Labute approximate surface area is 123 Å². The summed E-state index contributed by atoms with van der Waals surface area (Å²) in [6, 6.07) is 9.85. The SMILES string of the molecule is Cn1ncc(-c2nn3c(-c4ccccc4)nnc3s2)c1N. The summed E-state index contributed by atoms with van der Waals surface area (Å²) in [6.07, 6.45) is 1.71. The average Bonchev–Trinajstić information content (AvgIpc) is 3.15. The molecule has 0 aliphatic heterocycles. The fraction of sp³-hybridized carbons (Fsp3) is 0.0769. The molecule has 4 rings (SSSR count). The van der Waals surface area contributed by atoms with Gasteiger partial charge in [-0.2, -0.15) is 14.7 Å². The van der Waals surface area contributed by atoms with Crippen molar-refractivity contribution in [3.05, 3.63) is 36.5 Å². The van der Waals surface area contributed by atoms with Crippen molar-refractivity contribution in [2.24, 2.45) is 7.05 Å². The van der Waals surface area contributed by atoms with Gasteiger partial charge in [-0.3, -0.25) is 4.68 Å². The van der Waals surface area contributed by atoms with Gasteiger partial charge in [0.05, 0.1) is 11.8 Å². The highest BCUT2D eigenvalue weighted by atomic mass is 32.1. The topological polar surface area (TPSA) is 86.9 Å². The van der Waals surface area contributed by atoms with E-state index in [4.69, 9.17) is 5.73 Å². The number of aryl methyl sites for hydroxylation is 1. The number of hydrogen-bond acceptors (Lipinski definition) is 6. The van der Waals surface area contributed by atoms with Crippen LogP contribution in [0.5, 0.6) is 0 Å². The molecule has 7 nitrogen and oxygen atoms in total. The van der Waals surface area contributed by atoms with Gasteiger partial charge in [0.1, 0.15) is 5.82 Å². The summed E-state index contributed by atoms with van der Waals surface area (Å²) in [5, 5.41) is 17.9. The number of anilines is 1. The second-order valence-corrected chi connectivity index (χ2v) is 5.51. The lowest BCUT2D eigenvalue weighted by Gasteiger charge is -1.96. The summed E-state index contributed by atoms with van der Waals surface area (Å²) in [7, 11) is 1.80. The predicted molar refractivity (Wildman–Crippen MR) is 80.7 cm³/mol. The summed E-state index contributed by atoms with van der Waals surface area (Å²) in [6.45, 7) is 0. The molecule has 0 spiro atoms. The van der Waals surface area contributed by atoms with Crippen LogP contribution in [0.4, 0.5) is 5.82 Å². The number of nitrogen functional groups attached to an aromatic ring is 1. The Morgan fingerprint density at radius 1 is 1.14 bits per heavy atom.